The van der Waals surface area contributed by atoms with E-state index in [0.717, 1.165) is 0 Å². The first-order chi connectivity index (χ1) is 9.43. The highest BCUT2D eigenvalue weighted by atomic mass is 32.1. The van der Waals surface area contributed by atoms with Crippen molar-refractivity contribution >= 4 is 12.6 Å². The van der Waals surface area contributed by atoms with Crippen molar-refractivity contribution in [3.05, 3.63) is 0 Å². The number of hydrogen-bond donors (Lipinski definition) is 2. The molecule has 22 heavy (non-hydrogen) atoms. The molecule has 4 unspecified atom stereocenters. The van der Waals surface area contributed by atoms with Crippen LogP contribution in [0.4, 0.5) is 0 Å². The number of aliphatic hydroxyl groups excluding tert-OH is 1. The van der Waals surface area contributed by atoms with Crippen molar-refractivity contribution in [2.24, 2.45) is 33.5 Å². The van der Waals surface area contributed by atoms with Gasteiger partial charge in [0.05, 0.1) is 6.10 Å². The van der Waals surface area contributed by atoms with Crippen LogP contribution in [0.3, 0.4) is 0 Å². The Bertz CT molecular complexity index is 416. The van der Waals surface area contributed by atoms with Gasteiger partial charge in [0.25, 0.3) is 0 Å². The van der Waals surface area contributed by atoms with Crippen molar-refractivity contribution in [3.8, 4) is 0 Å². The molecule has 0 amide bonds. The third-order valence-electron chi connectivity index (χ3n) is 8.39. The summed E-state index contributed by atoms with van der Waals surface area (Å²) in [6, 6.07) is 0. The lowest BCUT2D eigenvalue weighted by Gasteiger charge is -2.64. The molecule has 0 aromatic carbocycles. The van der Waals surface area contributed by atoms with Crippen molar-refractivity contribution in [3.63, 3.8) is 0 Å². The third kappa shape index (κ3) is 2.77. The van der Waals surface area contributed by atoms with E-state index in [4.69, 9.17) is 12.6 Å². The Kier molecular flexibility index (Phi) is 5.01. The van der Waals surface area contributed by atoms with Crippen LogP contribution in [0.15, 0.2) is 0 Å². The first kappa shape index (κ1) is 20.4. The molecular weight excluding hydrogens is 288 g/mol. The summed E-state index contributed by atoms with van der Waals surface area (Å²) >= 11 is 4.84. The predicted molar refractivity (Wildman–Crippen MR) is 101 cm³/mol. The second-order valence-electron chi connectivity index (χ2n) is 10.5. The normalized spacial score (nSPS) is 32.3. The molecule has 132 valence electrons. The SMILES string of the molecule is CC(C(O)C(C)(C)C(C)(C)C(C)(C)S)C1(C)CC(C)(C)C1C. The highest BCUT2D eigenvalue weighted by Gasteiger charge is 2.60. The zero-order valence-corrected chi connectivity index (χ0v) is 17.7. The fourth-order valence-corrected chi connectivity index (χ4v) is 5.04. The Balaban J connectivity index is 3.08. The molecule has 2 heteroatoms. The van der Waals surface area contributed by atoms with E-state index in [0.29, 0.717) is 11.3 Å². The van der Waals surface area contributed by atoms with Gasteiger partial charge in [-0.2, -0.15) is 12.6 Å². The van der Waals surface area contributed by atoms with E-state index >= 15 is 0 Å². The summed E-state index contributed by atoms with van der Waals surface area (Å²) in [5.41, 5.74) is 0.317. The van der Waals surface area contributed by atoms with Gasteiger partial charge < -0.3 is 5.11 Å². The minimum atomic E-state index is -0.336. The van der Waals surface area contributed by atoms with E-state index in [1.165, 1.54) is 6.42 Å². The molecule has 0 heterocycles. The van der Waals surface area contributed by atoms with E-state index in [-0.39, 0.29) is 33.0 Å². The van der Waals surface area contributed by atoms with E-state index in [1.807, 2.05) is 0 Å². The molecular formula is C20H40OS. The molecule has 1 nitrogen and oxygen atoms in total. The van der Waals surface area contributed by atoms with Crippen molar-refractivity contribution in [1.29, 1.82) is 0 Å². The van der Waals surface area contributed by atoms with Gasteiger partial charge in [-0.25, -0.2) is 0 Å². The maximum Gasteiger partial charge on any atom is 0.0627 e. The van der Waals surface area contributed by atoms with Crippen LogP contribution in [0.1, 0.15) is 82.6 Å². The number of thiol groups is 1. The Morgan fingerprint density at radius 3 is 1.73 bits per heavy atom. The fraction of sp³-hybridized carbons (Fsp3) is 1.00. The minimum Gasteiger partial charge on any atom is -0.392 e. The molecule has 0 bridgehead atoms. The maximum absolute atomic E-state index is 11.3. The first-order valence-electron chi connectivity index (χ1n) is 8.83. The quantitative estimate of drug-likeness (QED) is 0.610. The van der Waals surface area contributed by atoms with Crippen molar-refractivity contribution < 1.29 is 5.11 Å². The van der Waals surface area contributed by atoms with Crippen LogP contribution < -0.4 is 0 Å². The summed E-state index contributed by atoms with van der Waals surface area (Å²) in [6.07, 6.45) is 0.859. The molecule has 1 aliphatic rings. The number of aliphatic hydroxyl groups is 1. The number of hydrogen-bond acceptors (Lipinski definition) is 2. The Morgan fingerprint density at radius 2 is 1.45 bits per heavy atom. The van der Waals surface area contributed by atoms with Crippen LogP contribution in [-0.4, -0.2) is 16.0 Å². The van der Waals surface area contributed by atoms with Crippen LogP contribution in [0.5, 0.6) is 0 Å². The second kappa shape index (κ2) is 5.41. The topological polar surface area (TPSA) is 20.2 Å². The molecule has 1 fully saturated rings. The van der Waals surface area contributed by atoms with Gasteiger partial charge in [-0.3, -0.25) is 0 Å². The summed E-state index contributed by atoms with van der Waals surface area (Å²) in [5.74, 6) is 0.910. The lowest BCUT2D eigenvalue weighted by molar-refractivity contribution is -0.179. The van der Waals surface area contributed by atoms with Crippen LogP contribution >= 0.6 is 12.6 Å². The van der Waals surface area contributed by atoms with Crippen molar-refractivity contribution in [2.45, 2.75) is 93.4 Å². The Hall–Kier alpha value is 0.310. The molecule has 4 atom stereocenters. The summed E-state index contributed by atoms with van der Waals surface area (Å²) in [4.78, 5) is 0. The van der Waals surface area contributed by atoms with E-state index in [2.05, 4.69) is 76.2 Å². The fourth-order valence-electron chi connectivity index (χ4n) is 4.75. The van der Waals surface area contributed by atoms with Gasteiger partial charge in [-0.05, 0) is 39.9 Å². The molecule has 0 aromatic heterocycles. The second-order valence-corrected chi connectivity index (χ2v) is 11.7. The number of rotatable bonds is 5. The van der Waals surface area contributed by atoms with E-state index in [1.54, 1.807) is 0 Å². The summed E-state index contributed by atoms with van der Waals surface area (Å²) in [5, 5.41) is 11.3. The summed E-state index contributed by atoms with van der Waals surface area (Å²) in [6.45, 7) is 24.9. The molecule has 1 aliphatic carbocycles. The van der Waals surface area contributed by atoms with Gasteiger partial charge in [0.1, 0.15) is 0 Å². The van der Waals surface area contributed by atoms with Gasteiger partial charge in [-0.1, -0.05) is 76.2 Å². The predicted octanol–water partition coefficient (Wildman–Crippen LogP) is 5.82. The Morgan fingerprint density at radius 1 is 1.05 bits per heavy atom. The van der Waals surface area contributed by atoms with Gasteiger partial charge in [0.2, 0.25) is 0 Å². The van der Waals surface area contributed by atoms with E-state index < -0.39 is 0 Å². The third-order valence-corrected chi connectivity index (χ3v) is 8.95. The van der Waals surface area contributed by atoms with Crippen molar-refractivity contribution in [2.75, 3.05) is 0 Å². The average Bonchev–Trinajstić information content (AvgIpc) is 2.34. The molecule has 0 saturated heterocycles. The van der Waals surface area contributed by atoms with Crippen LogP contribution in [0, 0.1) is 33.5 Å². The molecule has 1 saturated carbocycles. The lowest BCUT2D eigenvalue weighted by atomic mass is 9.42. The van der Waals surface area contributed by atoms with E-state index in [9.17, 15) is 5.11 Å². The van der Waals surface area contributed by atoms with Gasteiger partial charge in [-0.15, -0.1) is 0 Å². The molecule has 0 spiro atoms. The highest BCUT2D eigenvalue weighted by molar-refractivity contribution is 7.81. The monoisotopic (exact) mass is 328 g/mol. The first-order valence-corrected chi connectivity index (χ1v) is 9.28. The van der Waals surface area contributed by atoms with Gasteiger partial charge in [0.15, 0.2) is 0 Å². The standard InChI is InChI=1S/C20H40OS/c1-13(20(11)12-16(3,4)14(20)2)15(21)17(5,6)18(7,8)19(9,10)22/h13-15,21-22H,12H2,1-11H3. The lowest BCUT2D eigenvalue weighted by Crippen LogP contribution is -2.60. The molecule has 0 radical (unpaired) electrons. The average molecular weight is 329 g/mol. The zero-order valence-electron chi connectivity index (χ0n) is 16.8. The summed E-state index contributed by atoms with van der Waals surface area (Å²) < 4.78 is -0.150. The molecule has 1 rings (SSSR count). The summed E-state index contributed by atoms with van der Waals surface area (Å²) in [7, 11) is 0. The Labute approximate surface area is 145 Å². The van der Waals surface area contributed by atoms with Crippen LogP contribution in [-0.2, 0) is 0 Å². The zero-order chi connectivity index (χ0) is 17.9. The minimum absolute atomic E-state index is 0.0876. The molecule has 0 aromatic rings. The molecule has 0 aliphatic heterocycles. The highest BCUT2D eigenvalue weighted by Crippen LogP contribution is 2.64. The van der Waals surface area contributed by atoms with Gasteiger partial charge >= 0.3 is 0 Å². The smallest absolute Gasteiger partial charge is 0.0627 e. The van der Waals surface area contributed by atoms with Crippen LogP contribution in [0.25, 0.3) is 0 Å². The largest absolute Gasteiger partial charge is 0.392 e. The maximum atomic E-state index is 11.3. The van der Waals surface area contributed by atoms with Crippen LogP contribution in [0.2, 0.25) is 0 Å². The van der Waals surface area contributed by atoms with Crippen molar-refractivity contribution in [1.82, 2.24) is 0 Å². The molecule has 1 N–H and O–H groups in total. The van der Waals surface area contributed by atoms with Gasteiger partial charge in [0, 0.05) is 4.75 Å².